The minimum absolute atomic E-state index is 0.00812. The molecule has 25 heavy (non-hydrogen) atoms. The average molecular weight is 374 g/mol. The maximum atomic E-state index is 11.7. The van der Waals surface area contributed by atoms with Gasteiger partial charge in [-0.3, -0.25) is 4.90 Å². The Balaban J connectivity index is 2.35. The highest BCUT2D eigenvalue weighted by molar-refractivity contribution is 7.82. The Morgan fingerprint density at radius 1 is 1.32 bits per heavy atom. The van der Waals surface area contributed by atoms with Crippen LogP contribution < -0.4 is 24.7 Å². The maximum absolute atomic E-state index is 11.7. The molecule has 5 N–H and O–H groups in total. The summed E-state index contributed by atoms with van der Waals surface area (Å²) in [6.45, 7) is 8.23. The highest BCUT2D eigenvalue weighted by atomic mass is 32.3. The van der Waals surface area contributed by atoms with E-state index in [9.17, 15) is 8.42 Å². The van der Waals surface area contributed by atoms with Crippen LogP contribution in [0.1, 0.15) is 27.2 Å². The molecule has 1 aromatic carbocycles. The van der Waals surface area contributed by atoms with Gasteiger partial charge in [0.15, 0.2) is 11.5 Å². The third-order valence-corrected chi connectivity index (χ3v) is 4.78. The molecule has 9 nitrogen and oxygen atoms in total. The number of aliphatic hydroxyl groups is 1. The number of nitrogens with zero attached hydrogens (tertiary/aromatic N) is 1. The molecule has 0 amide bonds. The topological polar surface area (TPSA) is 126 Å². The van der Waals surface area contributed by atoms with Crippen LogP contribution in [0.3, 0.4) is 0 Å². The van der Waals surface area contributed by atoms with Crippen molar-refractivity contribution in [3.8, 4) is 11.5 Å². The number of benzene rings is 1. The zero-order valence-electron chi connectivity index (χ0n) is 14.7. The smallest absolute Gasteiger partial charge is 0.396 e. The molecule has 1 unspecified atom stereocenters. The molecule has 2 bridgehead atoms. The van der Waals surface area contributed by atoms with Gasteiger partial charge in [-0.2, -0.15) is 0 Å². The maximum Gasteiger partial charge on any atom is 0.501 e. The van der Waals surface area contributed by atoms with Crippen molar-refractivity contribution in [2.75, 3.05) is 42.6 Å². The van der Waals surface area contributed by atoms with Crippen molar-refractivity contribution in [1.29, 1.82) is 0 Å². The Bertz CT molecular complexity index is 706. The quantitative estimate of drug-likeness (QED) is 0.286. The number of nitrogen functional groups attached to an aromatic ring is 1. The summed E-state index contributed by atoms with van der Waals surface area (Å²) in [6.07, 6.45) is 0.479. The molecule has 2 rings (SSSR count). The van der Waals surface area contributed by atoms with Gasteiger partial charge in [0.05, 0.1) is 11.9 Å². The normalized spacial score (nSPS) is 16.0. The standard InChI is InChI=1S/C15H26N4O5S/c1-4-19(5-2)10(3)18-11-9-12-14(17-7-6-8-20)15(13(11)16)24-25(21,22)23-12/h9-10,17-18,20H,4-8,16H2,1-3H3. The van der Waals surface area contributed by atoms with Crippen molar-refractivity contribution in [3.05, 3.63) is 6.07 Å². The first kappa shape index (κ1) is 19.4. The molecule has 0 aromatic heterocycles. The molecule has 0 aliphatic carbocycles. The molecule has 1 aromatic rings. The third kappa shape index (κ3) is 4.39. The first-order valence-electron chi connectivity index (χ1n) is 8.28. The predicted molar refractivity (Wildman–Crippen MR) is 97.2 cm³/mol. The van der Waals surface area contributed by atoms with Crippen LogP contribution in [0, 0.1) is 0 Å². The van der Waals surface area contributed by atoms with Gasteiger partial charge < -0.3 is 29.8 Å². The van der Waals surface area contributed by atoms with Crippen LogP contribution >= 0.6 is 0 Å². The van der Waals surface area contributed by atoms with Gasteiger partial charge in [0.2, 0.25) is 0 Å². The fourth-order valence-electron chi connectivity index (χ4n) is 2.70. The number of fused-ring (bicyclic) bond motifs is 2. The fraction of sp³-hybridized carbons (Fsp3) is 0.600. The summed E-state index contributed by atoms with van der Waals surface area (Å²) in [6, 6.07) is 1.54. The number of rotatable bonds is 9. The van der Waals surface area contributed by atoms with Crippen LogP contribution in [-0.2, 0) is 10.4 Å². The molecule has 0 saturated heterocycles. The van der Waals surface area contributed by atoms with Crippen molar-refractivity contribution >= 4 is 27.5 Å². The second-order valence-corrected chi connectivity index (χ2v) is 6.81. The number of hydrogen-bond acceptors (Lipinski definition) is 9. The van der Waals surface area contributed by atoms with E-state index in [0.29, 0.717) is 24.3 Å². The lowest BCUT2D eigenvalue weighted by atomic mass is 10.2. The molecule has 1 aliphatic heterocycles. The van der Waals surface area contributed by atoms with Crippen molar-refractivity contribution in [1.82, 2.24) is 4.90 Å². The van der Waals surface area contributed by atoms with Crippen LogP contribution in [0.5, 0.6) is 11.5 Å². The van der Waals surface area contributed by atoms with Gasteiger partial charge in [-0.05, 0) is 26.4 Å². The van der Waals surface area contributed by atoms with E-state index in [1.165, 1.54) is 0 Å². The highest BCUT2D eigenvalue weighted by Crippen LogP contribution is 2.48. The SMILES string of the molecule is CCN(CC)C(C)Nc1cc2c(NCCCO)c(c1N)OS(=O)(=O)O2. The van der Waals surface area contributed by atoms with Gasteiger partial charge in [-0.1, -0.05) is 13.8 Å². The number of hydrogen-bond donors (Lipinski definition) is 4. The molecule has 1 heterocycles. The van der Waals surface area contributed by atoms with E-state index in [2.05, 4.69) is 29.4 Å². The van der Waals surface area contributed by atoms with Crippen molar-refractivity contribution in [3.63, 3.8) is 0 Å². The number of nitrogens with one attached hydrogen (secondary N) is 2. The Kier molecular flexibility index (Phi) is 6.20. The fourth-order valence-corrected chi connectivity index (χ4v) is 3.46. The van der Waals surface area contributed by atoms with Crippen LogP contribution in [0.4, 0.5) is 17.1 Å². The van der Waals surface area contributed by atoms with E-state index >= 15 is 0 Å². The van der Waals surface area contributed by atoms with E-state index in [1.807, 2.05) is 6.92 Å². The summed E-state index contributed by atoms with van der Waals surface area (Å²) in [5.74, 6) is 0.124. The summed E-state index contributed by atoms with van der Waals surface area (Å²) >= 11 is 0. The molecule has 0 fully saturated rings. The van der Waals surface area contributed by atoms with E-state index < -0.39 is 10.4 Å². The molecule has 142 valence electrons. The highest BCUT2D eigenvalue weighted by Gasteiger charge is 2.32. The van der Waals surface area contributed by atoms with E-state index in [1.54, 1.807) is 6.07 Å². The lowest BCUT2D eigenvalue weighted by Crippen LogP contribution is -2.38. The summed E-state index contributed by atoms with van der Waals surface area (Å²) in [5, 5.41) is 15.2. The number of nitrogens with two attached hydrogens (primary N) is 1. The summed E-state index contributed by atoms with van der Waals surface area (Å²) in [5.41, 5.74) is 7.22. The minimum atomic E-state index is -4.18. The molecule has 0 saturated carbocycles. The molecule has 1 aliphatic rings. The van der Waals surface area contributed by atoms with Gasteiger partial charge in [0.25, 0.3) is 0 Å². The van der Waals surface area contributed by atoms with Gasteiger partial charge in [-0.15, -0.1) is 8.42 Å². The minimum Gasteiger partial charge on any atom is -0.396 e. The summed E-state index contributed by atoms with van der Waals surface area (Å²) in [4.78, 5) is 2.18. The first-order chi connectivity index (χ1) is 11.8. The Labute approximate surface area is 148 Å². The lowest BCUT2D eigenvalue weighted by Gasteiger charge is -2.30. The second kappa shape index (κ2) is 7.98. The van der Waals surface area contributed by atoms with Crippen molar-refractivity contribution in [2.24, 2.45) is 0 Å². The summed E-state index contributed by atoms with van der Waals surface area (Å²) in [7, 11) is -4.18. The monoisotopic (exact) mass is 374 g/mol. The van der Waals surface area contributed by atoms with E-state index in [4.69, 9.17) is 19.2 Å². The van der Waals surface area contributed by atoms with E-state index in [-0.39, 0.29) is 30.0 Å². The van der Waals surface area contributed by atoms with Crippen LogP contribution in [0.15, 0.2) is 6.07 Å². The molecule has 0 spiro atoms. The second-order valence-electron chi connectivity index (χ2n) is 5.66. The zero-order chi connectivity index (χ0) is 18.6. The summed E-state index contributed by atoms with van der Waals surface area (Å²) < 4.78 is 33.3. The van der Waals surface area contributed by atoms with Crippen molar-refractivity contribution < 1.29 is 21.9 Å². The Hall–Kier alpha value is -1.91. The third-order valence-electron chi connectivity index (χ3n) is 4.02. The van der Waals surface area contributed by atoms with Gasteiger partial charge in [0, 0.05) is 19.2 Å². The Morgan fingerprint density at radius 3 is 2.60 bits per heavy atom. The van der Waals surface area contributed by atoms with Crippen LogP contribution in [-0.4, -0.2) is 50.8 Å². The number of aliphatic hydroxyl groups excluding tert-OH is 1. The van der Waals surface area contributed by atoms with Gasteiger partial charge in [-0.25, -0.2) is 0 Å². The van der Waals surface area contributed by atoms with Gasteiger partial charge >= 0.3 is 10.4 Å². The molecule has 10 heteroatoms. The molecule has 1 atom stereocenters. The van der Waals surface area contributed by atoms with Crippen LogP contribution in [0.25, 0.3) is 0 Å². The molecular weight excluding hydrogens is 348 g/mol. The molecular formula is C15H26N4O5S. The molecule has 0 radical (unpaired) electrons. The first-order valence-corrected chi connectivity index (χ1v) is 9.61. The van der Waals surface area contributed by atoms with Crippen molar-refractivity contribution in [2.45, 2.75) is 33.4 Å². The largest absolute Gasteiger partial charge is 0.501 e. The van der Waals surface area contributed by atoms with Crippen LogP contribution in [0.2, 0.25) is 0 Å². The zero-order valence-corrected chi connectivity index (χ0v) is 15.5. The predicted octanol–water partition coefficient (Wildman–Crippen LogP) is 1.18. The lowest BCUT2D eigenvalue weighted by molar-refractivity contribution is 0.253. The number of anilines is 3. The van der Waals surface area contributed by atoms with E-state index in [0.717, 1.165) is 13.1 Å². The van der Waals surface area contributed by atoms with Gasteiger partial charge in [0.1, 0.15) is 11.4 Å². The Morgan fingerprint density at radius 2 is 2.00 bits per heavy atom. The average Bonchev–Trinajstić information content (AvgIpc) is 2.54.